The van der Waals surface area contributed by atoms with Gasteiger partial charge in [0.05, 0.1) is 11.0 Å². The topological polar surface area (TPSA) is 8.17 Å². The van der Waals surface area contributed by atoms with Gasteiger partial charge in [-0.05, 0) is 129 Å². The van der Waals surface area contributed by atoms with E-state index in [1.54, 1.807) is 0 Å². The van der Waals surface area contributed by atoms with Gasteiger partial charge < -0.3 is 9.47 Å². The van der Waals surface area contributed by atoms with Crippen LogP contribution in [-0.2, 0) is 5.41 Å². The Morgan fingerprint density at radius 2 is 0.983 bits per heavy atom. The number of fused-ring (bicyclic) bond motifs is 8. The molecule has 58 heavy (non-hydrogen) atoms. The molecule has 0 spiro atoms. The Bertz CT molecular complexity index is 3170. The number of nitrogens with zero attached hydrogens (tertiary/aromatic N) is 2. The van der Waals surface area contributed by atoms with Crippen LogP contribution in [0.3, 0.4) is 0 Å². The van der Waals surface area contributed by atoms with Crippen molar-refractivity contribution in [1.29, 1.82) is 0 Å². The first-order valence-corrected chi connectivity index (χ1v) is 20.3. The van der Waals surface area contributed by atoms with Crippen molar-refractivity contribution in [2.45, 2.75) is 26.2 Å². The number of hydrogen-bond acceptors (Lipinski definition) is 1. The molecule has 1 aromatic heterocycles. The van der Waals surface area contributed by atoms with Crippen LogP contribution in [0.2, 0.25) is 0 Å². The number of aromatic nitrogens is 1. The molecule has 276 valence electrons. The van der Waals surface area contributed by atoms with Gasteiger partial charge in [-0.2, -0.15) is 0 Å². The number of aryl methyl sites for hydroxylation is 1. The van der Waals surface area contributed by atoms with Crippen LogP contribution in [0.25, 0.3) is 71.6 Å². The van der Waals surface area contributed by atoms with E-state index in [9.17, 15) is 0 Å². The third-order valence-electron chi connectivity index (χ3n) is 12.4. The molecule has 0 atom stereocenters. The van der Waals surface area contributed by atoms with Crippen LogP contribution in [0.5, 0.6) is 0 Å². The summed E-state index contributed by atoms with van der Waals surface area (Å²) in [5.74, 6) is 0. The summed E-state index contributed by atoms with van der Waals surface area (Å²) in [6, 6.07) is 73.7. The summed E-state index contributed by atoms with van der Waals surface area (Å²) in [7, 11) is 0. The van der Waals surface area contributed by atoms with E-state index in [1.807, 2.05) is 0 Å². The second-order valence-electron chi connectivity index (χ2n) is 16.3. The van der Waals surface area contributed by atoms with Gasteiger partial charge in [0.2, 0.25) is 0 Å². The van der Waals surface area contributed by atoms with Crippen molar-refractivity contribution >= 4 is 49.6 Å². The zero-order valence-corrected chi connectivity index (χ0v) is 32.9. The van der Waals surface area contributed by atoms with Gasteiger partial charge >= 0.3 is 0 Å². The van der Waals surface area contributed by atoms with E-state index >= 15 is 0 Å². The van der Waals surface area contributed by atoms with Gasteiger partial charge in [-0.1, -0.05) is 153 Å². The highest BCUT2D eigenvalue weighted by molar-refractivity contribution is 6.10. The lowest BCUT2D eigenvalue weighted by Gasteiger charge is -2.28. The van der Waals surface area contributed by atoms with Gasteiger partial charge in [0, 0.05) is 38.9 Å². The molecule has 0 saturated heterocycles. The van der Waals surface area contributed by atoms with Crippen molar-refractivity contribution in [3.05, 3.63) is 217 Å². The Morgan fingerprint density at radius 1 is 0.414 bits per heavy atom. The fraction of sp³-hybridized carbons (Fsp3) is 0.0714. The second-order valence-corrected chi connectivity index (χ2v) is 16.3. The van der Waals surface area contributed by atoms with E-state index in [0.717, 1.165) is 22.7 Å². The Kier molecular flexibility index (Phi) is 7.78. The number of para-hydroxylation sites is 1. The lowest BCUT2D eigenvalue weighted by atomic mass is 9.80. The van der Waals surface area contributed by atoms with Crippen molar-refractivity contribution in [2.75, 3.05) is 4.90 Å². The Labute approximate surface area is 339 Å². The molecule has 1 heterocycles. The van der Waals surface area contributed by atoms with Gasteiger partial charge in [-0.15, -0.1) is 0 Å². The summed E-state index contributed by atoms with van der Waals surface area (Å²) < 4.78 is 2.39. The Morgan fingerprint density at radius 3 is 1.76 bits per heavy atom. The van der Waals surface area contributed by atoms with E-state index in [4.69, 9.17) is 0 Å². The molecule has 10 aromatic rings. The average molecular weight is 743 g/mol. The SMILES string of the molecule is Cc1ccc(N(c2ccc(-c3ccc4c(c3)c3ccccc3n4-c3ccc(-c4ccccc4)cc3)cc2)c2ccc3c(c2)C(C)(C)c2c-3ccc3ccccc23)cc1. The minimum absolute atomic E-state index is 0.141. The van der Waals surface area contributed by atoms with Crippen LogP contribution in [0.15, 0.2) is 200 Å². The summed E-state index contributed by atoms with van der Waals surface area (Å²) in [6.07, 6.45) is 0. The summed E-state index contributed by atoms with van der Waals surface area (Å²) in [5.41, 5.74) is 18.4. The Balaban J connectivity index is 0.974. The summed E-state index contributed by atoms with van der Waals surface area (Å²) in [6.45, 7) is 6.92. The second kappa shape index (κ2) is 13.2. The fourth-order valence-electron chi connectivity index (χ4n) is 9.54. The molecule has 2 nitrogen and oxygen atoms in total. The molecule has 0 fully saturated rings. The van der Waals surface area contributed by atoms with Gasteiger partial charge in [-0.3, -0.25) is 0 Å². The highest BCUT2D eigenvalue weighted by Gasteiger charge is 2.37. The van der Waals surface area contributed by atoms with Gasteiger partial charge in [0.1, 0.15) is 0 Å². The van der Waals surface area contributed by atoms with E-state index < -0.39 is 0 Å². The molecule has 0 N–H and O–H groups in total. The lowest BCUT2D eigenvalue weighted by molar-refractivity contribution is 0.666. The molecule has 1 aliphatic rings. The van der Waals surface area contributed by atoms with E-state index in [1.165, 1.54) is 82.6 Å². The van der Waals surface area contributed by atoms with Gasteiger partial charge in [0.25, 0.3) is 0 Å². The molecular formula is C56H42N2. The maximum atomic E-state index is 2.43. The lowest BCUT2D eigenvalue weighted by Crippen LogP contribution is -2.17. The minimum atomic E-state index is -0.141. The van der Waals surface area contributed by atoms with Gasteiger partial charge in [-0.25, -0.2) is 0 Å². The fourth-order valence-corrected chi connectivity index (χ4v) is 9.54. The average Bonchev–Trinajstić information content (AvgIpc) is 3.73. The molecule has 1 aliphatic carbocycles. The number of rotatable bonds is 6. The van der Waals surface area contributed by atoms with Crippen molar-refractivity contribution in [3.63, 3.8) is 0 Å². The quantitative estimate of drug-likeness (QED) is 0.165. The molecule has 0 amide bonds. The Hall–Kier alpha value is -7.16. The van der Waals surface area contributed by atoms with Crippen molar-refractivity contribution in [2.24, 2.45) is 0 Å². The van der Waals surface area contributed by atoms with Crippen molar-refractivity contribution in [3.8, 4) is 39.1 Å². The monoisotopic (exact) mass is 742 g/mol. The molecule has 0 bridgehead atoms. The van der Waals surface area contributed by atoms with Crippen LogP contribution in [0.4, 0.5) is 17.1 Å². The normalized spacial score (nSPS) is 12.9. The van der Waals surface area contributed by atoms with E-state index in [2.05, 4.69) is 230 Å². The van der Waals surface area contributed by atoms with Crippen molar-refractivity contribution in [1.82, 2.24) is 4.57 Å². The molecular weight excluding hydrogens is 701 g/mol. The van der Waals surface area contributed by atoms with Crippen LogP contribution < -0.4 is 4.90 Å². The zero-order valence-electron chi connectivity index (χ0n) is 32.9. The third kappa shape index (κ3) is 5.40. The maximum Gasteiger partial charge on any atom is 0.0541 e. The van der Waals surface area contributed by atoms with Crippen LogP contribution in [0, 0.1) is 6.92 Å². The first-order chi connectivity index (χ1) is 28.4. The van der Waals surface area contributed by atoms with Crippen LogP contribution >= 0.6 is 0 Å². The highest BCUT2D eigenvalue weighted by Crippen LogP contribution is 2.53. The summed E-state index contributed by atoms with van der Waals surface area (Å²) in [5, 5.41) is 5.14. The predicted molar refractivity (Wildman–Crippen MR) is 246 cm³/mol. The van der Waals surface area contributed by atoms with Crippen molar-refractivity contribution < 1.29 is 0 Å². The van der Waals surface area contributed by atoms with E-state index in [0.29, 0.717) is 0 Å². The standard InChI is InChI=1S/C56H42N2/c1-37-17-25-43(26-18-37)57(46-31-33-48-50-32-23-41-13-7-8-14-47(41)55(50)56(2,3)52(48)36-46)44-27-21-40(22-28-44)42-24-34-54-51(35-42)49-15-9-10-16-53(49)58(54)45-29-19-39(20-30-45)38-11-5-4-6-12-38/h4-36H,1-3H3. The largest absolute Gasteiger partial charge is 0.310 e. The summed E-state index contributed by atoms with van der Waals surface area (Å²) in [4.78, 5) is 2.40. The molecule has 2 heteroatoms. The third-order valence-corrected chi connectivity index (χ3v) is 12.4. The zero-order chi connectivity index (χ0) is 39.0. The minimum Gasteiger partial charge on any atom is -0.310 e. The molecule has 11 rings (SSSR count). The first kappa shape index (κ1) is 34.1. The molecule has 0 radical (unpaired) electrons. The first-order valence-electron chi connectivity index (χ1n) is 20.3. The molecule has 0 unspecified atom stereocenters. The molecule has 9 aromatic carbocycles. The number of hydrogen-bond donors (Lipinski definition) is 0. The summed E-state index contributed by atoms with van der Waals surface area (Å²) >= 11 is 0. The highest BCUT2D eigenvalue weighted by atomic mass is 15.1. The maximum absolute atomic E-state index is 2.43. The number of anilines is 3. The predicted octanol–water partition coefficient (Wildman–Crippen LogP) is 15.4. The smallest absolute Gasteiger partial charge is 0.0541 e. The van der Waals surface area contributed by atoms with E-state index in [-0.39, 0.29) is 5.41 Å². The molecule has 0 saturated carbocycles. The van der Waals surface area contributed by atoms with Gasteiger partial charge in [0.15, 0.2) is 0 Å². The number of benzene rings is 9. The van der Waals surface area contributed by atoms with Crippen LogP contribution in [-0.4, -0.2) is 4.57 Å². The molecule has 0 aliphatic heterocycles. The van der Waals surface area contributed by atoms with Crippen LogP contribution in [0.1, 0.15) is 30.5 Å².